The van der Waals surface area contributed by atoms with Gasteiger partial charge in [-0.25, -0.2) is 4.79 Å². The number of hydrogen-bond donors (Lipinski definition) is 1. The predicted molar refractivity (Wildman–Crippen MR) is 140 cm³/mol. The molecule has 0 aliphatic carbocycles. The molecule has 1 amide bonds. The minimum atomic E-state index is -1.78. The first-order chi connectivity index (χ1) is 15.2. The predicted octanol–water partition coefficient (Wildman–Crippen LogP) is 7.32. The van der Waals surface area contributed by atoms with E-state index in [0.717, 1.165) is 18.5 Å². The third-order valence-electron chi connectivity index (χ3n) is 6.98. The third-order valence-corrected chi connectivity index (χ3v) is 11.5. The fourth-order valence-corrected chi connectivity index (χ4v) is 4.91. The average Bonchev–Trinajstić information content (AvgIpc) is 3.13. The standard InChI is InChI=1S/C27H42N2O3Si/c1-19(18-31-33(8,9)27(5,6)7)23-17-28-24-11-10-21(16-22(23)24)20-12-14-29(15-13-20)25(30)32-26(2,3)4/h10-12,16-17,19,28H,13-15,18H2,1-9H3. The summed E-state index contributed by atoms with van der Waals surface area (Å²) in [6.45, 7) is 21.4. The molecule has 0 spiro atoms. The lowest BCUT2D eigenvalue weighted by molar-refractivity contribution is 0.0270. The van der Waals surface area contributed by atoms with Crippen molar-refractivity contribution in [3.63, 3.8) is 0 Å². The van der Waals surface area contributed by atoms with Crippen molar-refractivity contribution in [2.45, 2.75) is 84.5 Å². The molecule has 2 aromatic rings. The summed E-state index contributed by atoms with van der Waals surface area (Å²) in [6, 6.07) is 6.63. The molecule has 6 heteroatoms. The molecule has 0 radical (unpaired) electrons. The van der Waals surface area contributed by atoms with Crippen LogP contribution in [0.15, 0.2) is 30.5 Å². The molecule has 1 N–H and O–H groups in total. The zero-order valence-corrected chi connectivity index (χ0v) is 23.0. The van der Waals surface area contributed by atoms with E-state index in [4.69, 9.17) is 9.16 Å². The summed E-state index contributed by atoms with van der Waals surface area (Å²) in [7, 11) is -1.78. The summed E-state index contributed by atoms with van der Waals surface area (Å²) in [4.78, 5) is 17.6. The molecule has 0 saturated heterocycles. The number of rotatable bonds is 5. The van der Waals surface area contributed by atoms with Crippen molar-refractivity contribution in [2.24, 2.45) is 0 Å². The summed E-state index contributed by atoms with van der Waals surface area (Å²) in [6.07, 6.45) is 4.88. The van der Waals surface area contributed by atoms with Crippen LogP contribution in [0.3, 0.4) is 0 Å². The number of carbonyl (C=O) groups excluding carboxylic acids is 1. The maximum atomic E-state index is 12.4. The molecule has 33 heavy (non-hydrogen) atoms. The monoisotopic (exact) mass is 470 g/mol. The largest absolute Gasteiger partial charge is 0.444 e. The minimum Gasteiger partial charge on any atom is -0.444 e. The smallest absolute Gasteiger partial charge is 0.410 e. The van der Waals surface area contributed by atoms with Gasteiger partial charge in [0.25, 0.3) is 0 Å². The Hall–Kier alpha value is -2.05. The highest BCUT2D eigenvalue weighted by Gasteiger charge is 2.37. The third kappa shape index (κ3) is 6.10. The van der Waals surface area contributed by atoms with Crippen LogP contribution < -0.4 is 0 Å². The first-order valence-electron chi connectivity index (χ1n) is 12.1. The van der Waals surface area contributed by atoms with Gasteiger partial charge in [-0.1, -0.05) is 39.8 Å². The molecular formula is C27H42N2O3Si. The summed E-state index contributed by atoms with van der Waals surface area (Å²) in [5, 5.41) is 1.47. The van der Waals surface area contributed by atoms with Gasteiger partial charge in [0.2, 0.25) is 0 Å². The van der Waals surface area contributed by atoms with Gasteiger partial charge in [0.05, 0.1) is 0 Å². The lowest BCUT2D eigenvalue weighted by atomic mass is 9.95. The van der Waals surface area contributed by atoms with Crippen LogP contribution >= 0.6 is 0 Å². The quantitative estimate of drug-likeness (QED) is 0.466. The molecule has 1 aromatic heterocycles. The van der Waals surface area contributed by atoms with Crippen molar-refractivity contribution in [2.75, 3.05) is 19.7 Å². The average molecular weight is 471 g/mol. The number of fused-ring (bicyclic) bond motifs is 1. The minimum absolute atomic E-state index is 0.209. The van der Waals surface area contributed by atoms with Crippen molar-refractivity contribution in [3.05, 3.63) is 41.6 Å². The fourth-order valence-electron chi connectivity index (χ4n) is 3.81. The number of nitrogens with one attached hydrogen (secondary N) is 1. The number of amides is 1. The topological polar surface area (TPSA) is 54.6 Å². The van der Waals surface area contributed by atoms with E-state index in [0.29, 0.717) is 19.0 Å². The van der Waals surface area contributed by atoms with Crippen molar-refractivity contribution in [3.8, 4) is 0 Å². The van der Waals surface area contributed by atoms with Crippen LogP contribution in [0.25, 0.3) is 16.5 Å². The molecule has 5 nitrogen and oxygen atoms in total. The summed E-state index contributed by atoms with van der Waals surface area (Å²) in [5.41, 5.74) is 4.50. The van der Waals surface area contributed by atoms with E-state index in [1.165, 1.54) is 22.1 Å². The highest BCUT2D eigenvalue weighted by molar-refractivity contribution is 6.74. The maximum Gasteiger partial charge on any atom is 0.410 e. The summed E-state index contributed by atoms with van der Waals surface area (Å²) >= 11 is 0. The van der Waals surface area contributed by atoms with Crippen molar-refractivity contribution in [1.29, 1.82) is 0 Å². The van der Waals surface area contributed by atoms with Crippen LogP contribution in [0.1, 0.15) is 71.9 Å². The van der Waals surface area contributed by atoms with Gasteiger partial charge in [0, 0.05) is 42.7 Å². The van der Waals surface area contributed by atoms with Gasteiger partial charge >= 0.3 is 6.09 Å². The Morgan fingerprint density at radius 1 is 1.18 bits per heavy atom. The van der Waals surface area contributed by atoms with Gasteiger partial charge in [-0.3, -0.25) is 0 Å². The second-order valence-corrected chi connectivity index (χ2v) is 16.7. The number of H-pyrrole nitrogens is 1. The van der Waals surface area contributed by atoms with Crippen molar-refractivity contribution in [1.82, 2.24) is 9.88 Å². The Labute approximate surface area is 200 Å². The maximum absolute atomic E-state index is 12.4. The molecule has 0 bridgehead atoms. The second kappa shape index (κ2) is 9.30. The van der Waals surface area contributed by atoms with Crippen LogP contribution in [0, 0.1) is 0 Å². The first kappa shape index (κ1) is 25.6. The molecule has 1 aromatic carbocycles. The van der Waals surface area contributed by atoms with Crippen LogP contribution in [0.5, 0.6) is 0 Å². The van der Waals surface area contributed by atoms with E-state index in [2.05, 4.69) is 76.2 Å². The van der Waals surface area contributed by atoms with Gasteiger partial charge < -0.3 is 19.0 Å². The Bertz CT molecular complexity index is 1020. The van der Waals surface area contributed by atoms with Gasteiger partial charge in [0.15, 0.2) is 8.32 Å². The highest BCUT2D eigenvalue weighted by atomic mass is 28.4. The number of aromatic nitrogens is 1. The molecule has 0 saturated carbocycles. The van der Waals surface area contributed by atoms with Crippen LogP contribution in [-0.2, 0) is 9.16 Å². The van der Waals surface area contributed by atoms with E-state index in [1.807, 2.05) is 20.8 Å². The highest BCUT2D eigenvalue weighted by Crippen LogP contribution is 2.38. The van der Waals surface area contributed by atoms with Crippen LogP contribution in [0.4, 0.5) is 4.79 Å². The molecule has 0 fully saturated rings. The van der Waals surface area contributed by atoms with Gasteiger partial charge in [0.1, 0.15) is 5.60 Å². The lowest BCUT2D eigenvalue weighted by Gasteiger charge is -2.37. The van der Waals surface area contributed by atoms with E-state index in [1.54, 1.807) is 4.90 Å². The Balaban J connectivity index is 1.74. The summed E-state index contributed by atoms with van der Waals surface area (Å²) < 4.78 is 12.0. The number of benzene rings is 1. The molecule has 182 valence electrons. The van der Waals surface area contributed by atoms with Crippen LogP contribution in [-0.4, -0.2) is 49.6 Å². The number of carbonyl (C=O) groups is 1. The second-order valence-electron chi connectivity index (χ2n) is 11.9. The molecule has 1 aliphatic rings. The molecule has 1 aliphatic heterocycles. The van der Waals surface area contributed by atoms with E-state index in [-0.39, 0.29) is 11.1 Å². The Morgan fingerprint density at radius 3 is 2.45 bits per heavy atom. The van der Waals surface area contributed by atoms with E-state index in [9.17, 15) is 4.79 Å². The first-order valence-corrected chi connectivity index (χ1v) is 15.0. The Morgan fingerprint density at radius 2 is 1.88 bits per heavy atom. The van der Waals surface area contributed by atoms with Crippen LogP contribution in [0.2, 0.25) is 18.1 Å². The zero-order chi connectivity index (χ0) is 24.6. The Kier molecular flexibility index (Phi) is 7.20. The van der Waals surface area contributed by atoms with Gasteiger partial charge in [-0.15, -0.1) is 0 Å². The normalized spacial score (nSPS) is 16.6. The molecule has 2 heterocycles. The summed E-state index contributed by atoms with van der Waals surface area (Å²) in [5.74, 6) is 0.311. The van der Waals surface area contributed by atoms with E-state index >= 15 is 0 Å². The number of hydrogen-bond acceptors (Lipinski definition) is 3. The molecule has 1 unspecified atom stereocenters. The fraction of sp³-hybridized carbons (Fsp3) is 0.593. The lowest BCUT2D eigenvalue weighted by Crippen LogP contribution is -2.41. The zero-order valence-electron chi connectivity index (χ0n) is 22.0. The number of ether oxygens (including phenoxy) is 1. The number of nitrogens with zero attached hydrogens (tertiary/aromatic N) is 1. The SMILES string of the molecule is CC(CO[Si](C)(C)C(C)(C)C)c1c[nH]c2ccc(C3=CCN(C(=O)OC(C)(C)C)CC3)cc12. The molecule has 3 rings (SSSR count). The van der Waals surface area contributed by atoms with E-state index < -0.39 is 13.9 Å². The van der Waals surface area contributed by atoms with Crippen molar-refractivity contribution >= 4 is 30.9 Å². The molecule has 1 atom stereocenters. The van der Waals surface area contributed by atoms with Crippen molar-refractivity contribution < 1.29 is 14.0 Å². The van der Waals surface area contributed by atoms with Gasteiger partial charge in [-0.05, 0) is 74.2 Å². The molecular weight excluding hydrogens is 428 g/mol. The number of aromatic amines is 1. The van der Waals surface area contributed by atoms with Gasteiger partial charge in [-0.2, -0.15) is 0 Å².